The zero-order valence-electron chi connectivity index (χ0n) is 16.7. The van der Waals surface area contributed by atoms with Gasteiger partial charge >= 0.3 is 0 Å². The van der Waals surface area contributed by atoms with Gasteiger partial charge in [0.15, 0.2) is 0 Å². The molecule has 5 heteroatoms. The van der Waals surface area contributed by atoms with Crippen LogP contribution in [0.3, 0.4) is 0 Å². The first-order valence-electron chi connectivity index (χ1n) is 9.58. The van der Waals surface area contributed by atoms with Gasteiger partial charge in [0.2, 0.25) is 0 Å². The number of hydrogen-bond acceptors (Lipinski definition) is 4. The molecule has 3 rings (SSSR count). The van der Waals surface area contributed by atoms with Crippen LogP contribution in [0.1, 0.15) is 42.6 Å². The van der Waals surface area contributed by atoms with Gasteiger partial charge in [0.1, 0.15) is 12.4 Å². The normalized spacial score (nSPS) is 14.8. The van der Waals surface area contributed by atoms with E-state index >= 15 is 0 Å². The number of pyridine rings is 1. The van der Waals surface area contributed by atoms with E-state index in [0.717, 1.165) is 22.5 Å². The van der Waals surface area contributed by atoms with Gasteiger partial charge in [-0.2, -0.15) is 0 Å². The molecule has 1 aliphatic rings. The molecule has 5 nitrogen and oxygen atoms in total. The van der Waals surface area contributed by atoms with Crippen molar-refractivity contribution in [2.75, 3.05) is 13.7 Å². The number of rotatable bonds is 6. The topological polar surface area (TPSA) is 69.3 Å². The Labute approximate surface area is 166 Å². The van der Waals surface area contributed by atoms with Crippen LogP contribution in [-0.4, -0.2) is 18.2 Å². The molecule has 3 N–H and O–H groups in total. The third-order valence-corrected chi connectivity index (χ3v) is 4.93. The highest BCUT2D eigenvalue weighted by Gasteiger charge is 2.18. The molecule has 1 atom stereocenters. The number of nitrogens with zero attached hydrogens (tertiary/aromatic N) is 1. The minimum atomic E-state index is -0.0946. The lowest BCUT2D eigenvalue weighted by atomic mass is 10.1. The van der Waals surface area contributed by atoms with Crippen molar-refractivity contribution in [3.63, 3.8) is 0 Å². The molecule has 1 aromatic heterocycles. The third-order valence-electron chi connectivity index (χ3n) is 4.93. The molecule has 0 saturated heterocycles. The fourth-order valence-corrected chi connectivity index (χ4v) is 3.03. The summed E-state index contributed by atoms with van der Waals surface area (Å²) in [6, 6.07) is 11.4. The maximum atomic E-state index is 12.7. The molecule has 28 heavy (non-hydrogen) atoms. The van der Waals surface area contributed by atoms with E-state index in [4.69, 9.17) is 10.5 Å². The zero-order chi connectivity index (χ0) is 20.1. The highest BCUT2D eigenvalue weighted by Crippen LogP contribution is 2.27. The molecule has 0 radical (unpaired) electrons. The Morgan fingerprint density at radius 3 is 2.64 bits per heavy atom. The van der Waals surface area contributed by atoms with E-state index in [9.17, 15) is 4.79 Å². The van der Waals surface area contributed by atoms with Crippen molar-refractivity contribution >= 4 is 0 Å². The van der Waals surface area contributed by atoms with E-state index in [1.54, 1.807) is 11.6 Å². The summed E-state index contributed by atoms with van der Waals surface area (Å²) in [6.07, 6.45) is 3.90. The molecular formula is C23H27N3O2. The van der Waals surface area contributed by atoms with Gasteiger partial charge in [-0.15, -0.1) is 0 Å². The van der Waals surface area contributed by atoms with Crippen LogP contribution in [-0.2, 0) is 0 Å². The lowest BCUT2D eigenvalue weighted by Gasteiger charge is -2.19. The molecule has 0 bridgehead atoms. The van der Waals surface area contributed by atoms with E-state index in [1.165, 1.54) is 25.1 Å². The SMILES string of the molecule is CN/C(=C\N)COc1cc(C)n([C@H](C)c2ccc(C#CC3CC3)cc2)c(=O)c1. The van der Waals surface area contributed by atoms with Crippen LogP contribution >= 0.6 is 0 Å². The predicted octanol–water partition coefficient (Wildman–Crippen LogP) is 2.93. The Hall–Kier alpha value is -3.13. The quantitative estimate of drug-likeness (QED) is 0.760. The summed E-state index contributed by atoms with van der Waals surface area (Å²) in [7, 11) is 1.77. The molecule has 0 aliphatic heterocycles. The number of aromatic nitrogens is 1. The summed E-state index contributed by atoms with van der Waals surface area (Å²) in [6.45, 7) is 4.23. The van der Waals surface area contributed by atoms with Gasteiger partial charge in [-0.25, -0.2) is 0 Å². The van der Waals surface area contributed by atoms with Crippen molar-refractivity contribution in [1.82, 2.24) is 9.88 Å². The van der Waals surface area contributed by atoms with Crippen LogP contribution in [0.5, 0.6) is 5.75 Å². The molecule has 1 aliphatic carbocycles. The first kappa shape index (κ1) is 19.6. The average molecular weight is 377 g/mol. The molecule has 1 aromatic carbocycles. The van der Waals surface area contributed by atoms with Gasteiger partial charge in [0.05, 0.1) is 11.7 Å². The van der Waals surface area contributed by atoms with Crippen LogP contribution in [0.15, 0.2) is 53.1 Å². The molecule has 0 amide bonds. The van der Waals surface area contributed by atoms with Gasteiger partial charge in [0.25, 0.3) is 5.56 Å². The summed E-state index contributed by atoms with van der Waals surface area (Å²) >= 11 is 0. The van der Waals surface area contributed by atoms with E-state index in [1.807, 2.05) is 44.2 Å². The number of likely N-dealkylation sites (N-methyl/N-ethyl adjacent to an activating group) is 1. The smallest absolute Gasteiger partial charge is 0.254 e. The minimum absolute atomic E-state index is 0.0798. The number of hydrogen-bond donors (Lipinski definition) is 2. The van der Waals surface area contributed by atoms with E-state index in [2.05, 4.69) is 17.2 Å². The third kappa shape index (κ3) is 4.77. The monoisotopic (exact) mass is 377 g/mol. The zero-order valence-corrected chi connectivity index (χ0v) is 16.7. The molecule has 146 valence electrons. The van der Waals surface area contributed by atoms with E-state index in [-0.39, 0.29) is 18.2 Å². The molecule has 1 heterocycles. The fraction of sp³-hybridized carbons (Fsp3) is 0.348. The number of benzene rings is 1. The minimum Gasteiger partial charge on any atom is -0.487 e. The molecule has 1 saturated carbocycles. The summed E-state index contributed by atoms with van der Waals surface area (Å²) in [5.74, 6) is 7.61. The molecule has 2 aromatic rings. The second-order valence-corrected chi connectivity index (χ2v) is 7.11. The van der Waals surface area contributed by atoms with Gasteiger partial charge in [-0.1, -0.05) is 24.0 Å². The Balaban J connectivity index is 1.77. The fourth-order valence-electron chi connectivity index (χ4n) is 3.03. The summed E-state index contributed by atoms with van der Waals surface area (Å²) in [4.78, 5) is 12.7. The van der Waals surface area contributed by atoms with Crippen LogP contribution in [0.4, 0.5) is 0 Å². The Bertz CT molecular complexity index is 974. The van der Waals surface area contributed by atoms with Crippen molar-refractivity contribution in [3.8, 4) is 17.6 Å². The number of ether oxygens (including phenoxy) is 1. The number of aryl methyl sites for hydroxylation is 1. The van der Waals surface area contributed by atoms with Crippen molar-refractivity contribution < 1.29 is 4.74 Å². The standard InChI is InChI=1S/C23H27N3O2/c1-16-12-22(28-15-21(14-24)25-3)13-23(27)26(16)17(2)20-10-8-19(9-11-20)7-6-18-4-5-18/h8-14,17-18,25H,4-5,15,24H2,1-3H3/b21-14-/t17-/m1/s1. The summed E-state index contributed by atoms with van der Waals surface area (Å²) in [5.41, 5.74) is 9.09. The Kier molecular flexibility index (Phi) is 6.10. The van der Waals surface area contributed by atoms with Crippen LogP contribution in [0, 0.1) is 24.7 Å². The van der Waals surface area contributed by atoms with Crippen molar-refractivity contribution in [3.05, 3.63) is 75.5 Å². The maximum Gasteiger partial charge on any atom is 0.254 e. The molecule has 0 spiro atoms. The Morgan fingerprint density at radius 2 is 2.07 bits per heavy atom. The molecule has 1 fully saturated rings. The summed E-state index contributed by atoms with van der Waals surface area (Å²) in [5, 5.41) is 2.94. The molecular weight excluding hydrogens is 350 g/mol. The number of nitrogens with two attached hydrogens (primary N) is 1. The van der Waals surface area contributed by atoms with Gasteiger partial charge in [-0.05, 0) is 50.5 Å². The van der Waals surface area contributed by atoms with Crippen LogP contribution < -0.4 is 21.3 Å². The van der Waals surface area contributed by atoms with Crippen molar-refractivity contribution in [2.24, 2.45) is 11.7 Å². The summed E-state index contributed by atoms with van der Waals surface area (Å²) < 4.78 is 7.45. The van der Waals surface area contributed by atoms with E-state index in [0.29, 0.717) is 11.7 Å². The average Bonchev–Trinajstić information content (AvgIpc) is 3.51. The van der Waals surface area contributed by atoms with E-state index < -0.39 is 0 Å². The van der Waals surface area contributed by atoms with Crippen LogP contribution in [0.2, 0.25) is 0 Å². The van der Waals surface area contributed by atoms with Gasteiger partial charge in [0, 0.05) is 36.5 Å². The van der Waals surface area contributed by atoms with Gasteiger partial charge in [-0.3, -0.25) is 4.79 Å². The van der Waals surface area contributed by atoms with Crippen molar-refractivity contribution in [1.29, 1.82) is 0 Å². The largest absolute Gasteiger partial charge is 0.487 e. The van der Waals surface area contributed by atoms with Gasteiger partial charge < -0.3 is 20.4 Å². The highest BCUT2D eigenvalue weighted by molar-refractivity contribution is 5.38. The molecule has 0 unspecified atom stereocenters. The Morgan fingerprint density at radius 1 is 1.36 bits per heavy atom. The lowest BCUT2D eigenvalue weighted by molar-refractivity contribution is 0.342. The maximum absolute atomic E-state index is 12.7. The van der Waals surface area contributed by atoms with Crippen molar-refractivity contribution in [2.45, 2.75) is 32.7 Å². The lowest BCUT2D eigenvalue weighted by Crippen LogP contribution is -2.26. The second kappa shape index (κ2) is 8.71. The highest BCUT2D eigenvalue weighted by atomic mass is 16.5. The number of nitrogens with one attached hydrogen (secondary N) is 1. The second-order valence-electron chi connectivity index (χ2n) is 7.11. The predicted molar refractivity (Wildman–Crippen MR) is 112 cm³/mol. The first-order chi connectivity index (χ1) is 13.5. The first-order valence-corrected chi connectivity index (χ1v) is 9.58. The van der Waals surface area contributed by atoms with Crippen LogP contribution in [0.25, 0.3) is 0 Å².